The number of benzene rings is 3. The monoisotopic (exact) mass is 460 g/mol. The smallest absolute Gasteiger partial charge is 0.243 e. The molecular weight excluding hydrogens is 439 g/mol. The van der Waals surface area contributed by atoms with Crippen molar-refractivity contribution < 1.29 is 17.6 Å². The number of nitrogens with zero attached hydrogens (tertiary/aromatic N) is 1. The molecule has 0 saturated carbocycles. The third-order valence-electron chi connectivity index (χ3n) is 4.72. The van der Waals surface area contributed by atoms with Crippen molar-refractivity contribution in [1.82, 2.24) is 4.31 Å². The maximum atomic E-state index is 13.6. The number of hydrogen-bond donors (Lipinski definition) is 1. The SMILES string of the molecule is Cc1ccc(CN(CC(=O)Nc2cc(F)ccc2C)S(=O)(=O)c2ccc(Cl)cc2)cc1. The van der Waals surface area contributed by atoms with Gasteiger partial charge in [-0.3, -0.25) is 4.79 Å². The van der Waals surface area contributed by atoms with Gasteiger partial charge in [0.05, 0.1) is 11.4 Å². The fourth-order valence-corrected chi connectivity index (χ4v) is 4.47. The molecule has 0 aliphatic carbocycles. The molecule has 0 aliphatic rings. The van der Waals surface area contributed by atoms with Crippen LogP contribution in [-0.4, -0.2) is 25.2 Å². The summed E-state index contributed by atoms with van der Waals surface area (Å²) in [5, 5.41) is 3.01. The molecule has 0 fully saturated rings. The summed E-state index contributed by atoms with van der Waals surface area (Å²) in [6, 6.07) is 17.2. The molecule has 1 amide bonds. The van der Waals surface area contributed by atoms with E-state index in [1.54, 1.807) is 13.0 Å². The summed E-state index contributed by atoms with van der Waals surface area (Å²) in [4.78, 5) is 12.7. The van der Waals surface area contributed by atoms with Crippen molar-refractivity contribution in [3.8, 4) is 0 Å². The van der Waals surface area contributed by atoms with E-state index in [0.29, 0.717) is 16.3 Å². The van der Waals surface area contributed by atoms with Gasteiger partial charge in [0.15, 0.2) is 0 Å². The minimum absolute atomic E-state index is 0.000786. The Morgan fingerprint density at radius 3 is 2.29 bits per heavy atom. The van der Waals surface area contributed by atoms with Crippen LogP contribution in [0.15, 0.2) is 71.6 Å². The highest BCUT2D eigenvalue weighted by molar-refractivity contribution is 7.89. The molecule has 0 radical (unpaired) electrons. The lowest BCUT2D eigenvalue weighted by Crippen LogP contribution is -2.37. The van der Waals surface area contributed by atoms with E-state index in [4.69, 9.17) is 11.6 Å². The van der Waals surface area contributed by atoms with Gasteiger partial charge >= 0.3 is 0 Å². The molecule has 5 nitrogen and oxygen atoms in total. The second-order valence-electron chi connectivity index (χ2n) is 7.22. The largest absolute Gasteiger partial charge is 0.325 e. The number of nitrogens with one attached hydrogen (secondary N) is 1. The molecule has 31 heavy (non-hydrogen) atoms. The first kappa shape index (κ1) is 22.9. The topological polar surface area (TPSA) is 66.5 Å². The van der Waals surface area contributed by atoms with E-state index in [-0.39, 0.29) is 11.4 Å². The molecule has 0 heterocycles. The summed E-state index contributed by atoms with van der Waals surface area (Å²) in [5.41, 5.74) is 2.73. The molecule has 0 aliphatic heterocycles. The Morgan fingerprint density at radius 1 is 1.00 bits per heavy atom. The van der Waals surface area contributed by atoms with Crippen molar-refractivity contribution in [2.75, 3.05) is 11.9 Å². The Balaban J connectivity index is 1.89. The summed E-state index contributed by atoms with van der Waals surface area (Å²) < 4.78 is 41.2. The van der Waals surface area contributed by atoms with Crippen LogP contribution in [0.4, 0.5) is 10.1 Å². The van der Waals surface area contributed by atoms with Crippen molar-refractivity contribution in [1.29, 1.82) is 0 Å². The maximum absolute atomic E-state index is 13.6. The molecule has 1 N–H and O–H groups in total. The van der Waals surface area contributed by atoms with Crippen LogP contribution in [0.1, 0.15) is 16.7 Å². The zero-order valence-corrected chi connectivity index (χ0v) is 18.7. The van der Waals surface area contributed by atoms with Gasteiger partial charge in [0, 0.05) is 17.3 Å². The van der Waals surface area contributed by atoms with Gasteiger partial charge in [-0.15, -0.1) is 0 Å². The minimum Gasteiger partial charge on any atom is -0.325 e. The van der Waals surface area contributed by atoms with Crippen molar-refractivity contribution in [2.45, 2.75) is 25.3 Å². The number of anilines is 1. The third-order valence-corrected chi connectivity index (χ3v) is 6.78. The normalized spacial score (nSPS) is 11.5. The fourth-order valence-electron chi connectivity index (χ4n) is 2.96. The quantitative estimate of drug-likeness (QED) is 0.544. The van der Waals surface area contributed by atoms with E-state index in [2.05, 4.69) is 5.32 Å². The molecule has 162 valence electrons. The predicted octanol–water partition coefficient (Wildman–Crippen LogP) is 4.93. The van der Waals surface area contributed by atoms with Gasteiger partial charge in [-0.2, -0.15) is 4.31 Å². The van der Waals surface area contributed by atoms with Crippen molar-refractivity contribution in [3.05, 3.63) is 94.3 Å². The number of hydrogen-bond acceptors (Lipinski definition) is 3. The Hall–Kier alpha value is -2.74. The molecule has 0 saturated heterocycles. The first-order valence-corrected chi connectivity index (χ1v) is 11.3. The van der Waals surface area contributed by atoms with Gasteiger partial charge in [-0.05, 0) is 61.4 Å². The third kappa shape index (κ3) is 5.91. The number of rotatable bonds is 7. The Kier molecular flexibility index (Phi) is 7.10. The lowest BCUT2D eigenvalue weighted by atomic mass is 10.1. The van der Waals surface area contributed by atoms with Crippen LogP contribution >= 0.6 is 11.6 Å². The highest BCUT2D eigenvalue weighted by atomic mass is 35.5. The molecule has 0 bridgehead atoms. The summed E-state index contributed by atoms with van der Waals surface area (Å²) in [6.07, 6.45) is 0. The molecule has 3 aromatic carbocycles. The maximum Gasteiger partial charge on any atom is 0.243 e. The van der Waals surface area contributed by atoms with Crippen LogP contribution < -0.4 is 5.32 Å². The van der Waals surface area contributed by atoms with E-state index in [1.807, 2.05) is 31.2 Å². The van der Waals surface area contributed by atoms with Crippen LogP contribution in [0, 0.1) is 19.7 Å². The number of amides is 1. The van der Waals surface area contributed by atoms with Gasteiger partial charge in [0.2, 0.25) is 15.9 Å². The number of sulfonamides is 1. The Morgan fingerprint density at radius 2 is 1.65 bits per heavy atom. The number of carbonyl (C=O) groups is 1. The molecule has 0 unspecified atom stereocenters. The summed E-state index contributed by atoms with van der Waals surface area (Å²) >= 11 is 5.88. The second kappa shape index (κ2) is 9.60. The van der Waals surface area contributed by atoms with Crippen molar-refractivity contribution in [3.63, 3.8) is 0 Å². The minimum atomic E-state index is -3.99. The first-order valence-electron chi connectivity index (χ1n) is 9.52. The van der Waals surface area contributed by atoms with Gasteiger partial charge in [-0.1, -0.05) is 47.5 Å². The zero-order valence-electron chi connectivity index (χ0n) is 17.1. The summed E-state index contributed by atoms with van der Waals surface area (Å²) in [6.45, 7) is 3.22. The van der Waals surface area contributed by atoms with E-state index < -0.39 is 28.3 Å². The Labute approximate surface area is 186 Å². The van der Waals surface area contributed by atoms with Crippen molar-refractivity contribution >= 4 is 33.2 Å². The number of carbonyl (C=O) groups excluding carboxylic acids is 1. The molecule has 0 aromatic heterocycles. The lowest BCUT2D eigenvalue weighted by Gasteiger charge is -2.22. The summed E-state index contributed by atoms with van der Waals surface area (Å²) in [5.74, 6) is -1.07. The standard InChI is InChI=1S/C23H22ClFN2O3S/c1-16-3-6-18(7-4-16)14-27(31(29,30)21-11-8-19(24)9-12-21)15-23(28)26-22-13-20(25)10-5-17(22)2/h3-13H,14-15H2,1-2H3,(H,26,28). The van der Waals surface area contributed by atoms with Gasteiger partial charge < -0.3 is 5.32 Å². The van der Waals surface area contributed by atoms with Crippen LogP contribution in [0.5, 0.6) is 0 Å². The van der Waals surface area contributed by atoms with E-state index >= 15 is 0 Å². The second-order valence-corrected chi connectivity index (χ2v) is 9.59. The number of halogens is 2. The average molecular weight is 461 g/mol. The van der Waals surface area contributed by atoms with Crippen LogP contribution in [0.25, 0.3) is 0 Å². The zero-order chi connectivity index (χ0) is 22.6. The average Bonchev–Trinajstić information content (AvgIpc) is 2.72. The fraction of sp³-hybridized carbons (Fsp3) is 0.174. The molecule has 0 atom stereocenters. The van der Waals surface area contributed by atoms with Gasteiger partial charge in [-0.25, -0.2) is 12.8 Å². The summed E-state index contributed by atoms with van der Waals surface area (Å²) in [7, 11) is -3.99. The molecule has 3 aromatic rings. The van der Waals surface area contributed by atoms with Crippen LogP contribution in [0.3, 0.4) is 0 Å². The van der Waals surface area contributed by atoms with E-state index in [0.717, 1.165) is 15.4 Å². The molecule has 8 heteroatoms. The van der Waals surface area contributed by atoms with Crippen LogP contribution in [0.2, 0.25) is 5.02 Å². The molecule has 3 rings (SSSR count). The van der Waals surface area contributed by atoms with E-state index in [1.165, 1.54) is 36.4 Å². The Bertz CT molecular complexity index is 1180. The predicted molar refractivity (Wildman–Crippen MR) is 120 cm³/mol. The lowest BCUT2D eigenvalue weighted by molar-refractivity contribution is -0.116. The van der Waals surface area contributed by atoms with E-state index in [9.17, 15) is 17.6 Å². The van der Waals surface area contributed by atoms with Gasteiger partial charge in [0.25, 0.3) is 0 Å². The highest BCUT2D eigenvalue weighted by Gasteiger charge is 2.27. The number of aryl methyl sites for hydroxylation is 2. The van der Waals surface area contributed by atoms with Crippen LogP contribution in [-0.2, 0) is 21.4 Å². The molecular formula is C23H22ClFN2O3S. The first-order chi connectivity index (χ1) is 14.6. The molecule has 0 spiro atoms. The highest BCUT2D eigenvalue weighted by Crippen LogP contribution is 2.22. The van der Waals surface area contributed by atoms with Crippen molar-refractivity contribution in [2.24, 2.45) is 0 Å². The van der Waals surface area contributed by atoms with Gasteiger partial charge in [0.1, 0.15) is 5.82 Å².